The van der Waals surface area contributed by atoms with Crippen LogP contribution in [0, 0.1) is 23.7 Å². The second-order valence-electron chi connectivity index (χ2n) is 6.37. The summed E-state index contributed by atoms with van der Waals surface area (Å²) in [6, 6.07) is 0. The van der Waals surface area contributed by atoms with Gasteiger partial charge < -0.3 is 9.47 Å². The van der Waals surface area contributed by atoms with Gasteiger partial charge in [0.2, 0.25) is 0 Å². The first-order valence-electron chi connectivity index (χ1n) is 7.65. The molecule has 1 fully saturated rings. The number of methoxy groups -OCH3 is 2. The minimum Gasteiger partial charge on any atom is -0.466 e. The molecular weight excluding hydrogens is 268 g/mol. The number of ether oxygens (including phenoxy) is 2. The van der Waals surface area contributed by atoms with E-state index in [2.05, 4.69) is 0 Å². The maximum absolute atomic E-state index is 12.2. The predicted molar refractivity (Wildman–Crippen MR) is 77.2 cm³/mol. The molecule has 114 valence electrons. The van der Waals surface area contributed by atoms with Crippen LogP contribution in [-0.2, 0) is 19.1 Å². The highest BCUT2D eigenvalue weighted by Gasteiger charge is 2.49. The Balaban J connectivity index is 2.13. The smallest absolute Gasteiger partial charge is 0.334 e. The third-order valence-electron chi connectivity index (χ3n) is 5.55. The topological polar surface area (TPSA) is 52.6 Å². The summed E-state index contributed by atoms with van der Waals surface area (Å²) < 4.78 is 9.87. The van der Waals surface area contributed by atoms with Gasteiger partial charge in [0.1, 0.15) is 0 Å². The molecule has 21 heavy (non-hydrogen) atoms. The van der Waals surface area contributed by atoms with E-state index >= 15 is 0 Å². The van der Waals surface area contributed by atoms with Crippen molar-refractivity contribution in [1.29, 1.82) is 0 Å². The van der Waals surface area contributed by atoms with E-state index in [1.54, 1.807) is 0 Å². The molecule has 0 heterocycles. The van der Waals surface area contributed by atoms with Gasteiger partial charge in [-0.3, -0.25) is 0 Å². The van der Waals surface area contributed by atoms with Gasteiger partial charge in [0.25, 0.3) is 0 Å². The summed E-state index contributed by atoms with van der Waals surface area (Å²) in [5, 5.41) is 0. The highest BCUT2D eigenvalue weighted by molar-refractivity contribution is 6.02. The van der Waals surface area contributed by atoms with Crippen molar-refractivity contribution in [3.05, 3.63) is 22.3 Å². The van der Waals surface area contributed by atoms with Crippen molar-refractivity contribution in [3.8, 4) is 0 Å². The molecule has 4 heteroatoms. The summed E-state index contributed by atoms with van der Waals surface area (Å²) in [7, 11) is 2.73. The molecule has 0 saturated heterocycles. The zero-order valence-corrected chi connectivity index (χ0v) is 13.1. The van der Waals surface area contributed by atoms with Gasteiger partial charge in [-0.1, -0.05) is 25.0 Å². The lowest BCUT2D eigenvalue weighted by Crippen LogP contribution is -2.31. The van der Waals surface area contributed by atoms with Crippen LogP contribution < -0.4 is 0 Å². The molecule has 4 nitrogen and oxygen atoms in total. The Kier molecular flexibility index (Phi) is 3.42. The molecule has 4 atom stereocenters. The number of hydrogen-bond acceptors (Lipinski definition) is 4. The van der Waals surface area contributed by atoms with Gasteiger partial charge in [0.05, 0.1) is 25.4 Å². The third kappa shape index (κ3) is 1.88. The average Bonchev–Trinajstić information content (AvgIpc) is 3.10. The number of esters is 2. The SMILES string of the molecule is COC(=O)C1=C(C(=O)OC)[C@@H](C)C2=C([C@@H]3CC[C@@H]2C3)[C@@H]1C. The van der Waals surface area contributed by atoms with Crippen molar-refractivity contribution < 1.29 is 19.1 Å². The molecule has 0 radical (unpaired) electrons. The Morgan fingerprint density at radius 3 is 1.57 bits per heavy atom. The largest absolute Gasteiger partial charge is 0.466 e. The fourth-order valence-electron chi connectivity index (χ4n) is 4.80. The maximum Gasteiger partial charge on any atom is 0.334 e. The lowest BCUT2D eigenvalue weighted by atomic mass is 9.69. The minimum atomic E-state index is -0.399. The normalized spacial score (nSPS) is 34.1. The Bertz CT molecular complexity index is 521. The lowest BCUT2D eigenvalue weighted by Gasteiger charge is -2.35. The van der Waals surface area contributed by atoms with Gasteiger partial charge in [0.15, 0.2) is 0 Å². The first-order valence-corrected chi connectivity index (χ1v) is 7.65. The van der Waals surface area contributed by atoms with Crippen LogP contribution in [0.4, 0.5) is 0 Å². The first kappa shape index (κ1) is 14.4. The summed E-state index contributed by atoms with van der Waals surface area (Å²) in [5.41, 5.74) is 3.80. The molecule has 3 aliphatic rings. The molecule has 0 N–H and O–H groups in total. The van der Waals surface area contributed by atoms with Crippen LogP contribution in [0.1, 0.15) is 33.1 Å². The van der Waals surface area contributed by atoms with Crippen LogP contribution in [-0.4, -0.2) is 26.2 Å². The average molecular weight is 290 g/mol. The van der Waals surface area contributed by atoms with Crippen molar-refractivity contribution in [2.45, 2.75) is 33.1 Å². The summed E-state index contributed by atoms with van der Waals surface area (Å²) in [6.07, 6.45) is 3.60. The molecule has 0 aromatic heterocycles. The molecule has 0 spiro atoms. The molecule has 0 aromatic carbocycles. The predicted octanol–water partition coefficient (Wildman–Crippen LogP) is 2.64. The maximum atomic E-state index is 12.2. The molecular formula is C17H22O4. The monoisotopic (exact) mass is 290 g/mol. The van der Waals surface area contributed by atoms with Crippen molar-refractivity contribution in [3.63, 3.8) is 0 Å². The molecule has 0 unspecified atom stereocenters. The van der Waals surface area contributed by atoms with Gasteiger partial charge in [-0.15, -0.1) is 0 Å². The van der Waals surface area contributed by atoms with E-state index in [1.807, 2.05) is 13.8 Å². The fraction of sp³-hybridized carbons (Fsp3) is 0.647. The lowest BCUT2D eigenvalue weighted by molar-refractivity contribution is -0.140. The van der Waals surface area contributed by atoms with Crippen LogP contribution in [0.15, 0.2) is 22.3 Å². The second kappa shape index (κ2) is 5.00. The van der Waals surface area contributed by atoms with Crippen molar-refractivity contribution in [2.24, 2.45) is 23.7 Å². The van der Waals surface area contributed by atoms with Gasteiger partial charge in [0, 0.05) is 11.8 Å². The number of carbonyl (C=O) groups excluding carboxylic acids is 2. The summed E-state index contributed by atoms with van der Waals surface area (Å²) >= 11 is 0. The van der Waals surface area contributed by atoms with E-state index < -0.39 is 11.9 Å². The van der Waals surface area contributed by atoms with Gasteiger partial charge in [-0.25, -0.2) is 9.59 Å². The van der Waals surface area contributed by atoms with Gasteiger partial charge >= 0.3 is 11.9 Å². The minimum absolute atomic E-state index is 0.0342. The van der Waals surface area contributed by atoms with Crippen LogP contribution in [0.25, 0.3) is 0 Å². The van der Waals surface area contributed by atoms with Crippen LogP contribution in [0.5, 0.6) is 0 Å². The molecule has 0 amide bonds. The Labute approximate surface area is 125 Å². The molecule has 0 aliphatic heterocycles. The van der Waals surface area contributed by atoms with E-state index in [-0.39, 0.29) is 11.8 Å². The quantitative estimate of drug-likeness (QED) is 0.579. The first-order chi connectivity index (χ1) is 10.0. The number of rotatable bonds is 2. The number of carbonyl (C=O) groups is 2. The van der Waals surface area contributed by atoms with Crippen LogP contribution in [0.2, 0.25) is 0 Å². The van der Waals surface area contributed by atoms with Crippen LogP contribution >= 0.6 is 0 Å². The number of fused-ring (bicyclic) bond motifs is 4. The molecule has 2 bridgehead atoms. The van der Waals surface area contributed by atoms with Crippen molar-refractivity contribution in [2.75, 3.05) is 14.2 Å². The van der Waals surface area contributed by atoms with E-state index in [1.165, 1.54) is 44.6 Å². The third-order valence-corrected chi connectivity index (χ3v) is 5.55. The second-order valence-corrected chi connectivity index (χ2v) is 6.37. The highest BCUT2D eigenvalue weighted by atomic mass is 16.5. The van der Waals surface area contributed by atoms with E-state index in [4.69, 9.17) is 9.47 Å². The number of hydrogen-bond donors (Lipinski definition) is 0. The van der Waals surface area contributed by atoms with E-state index in [9.17, 15) is 9.59 Å². The van der Waals surface area contributed by atoms with E-state index in [0.29, 0.717) is 23.0 Å². The van der Waals surface area contributed by atoms with Gasteiger partial charge in [-0.05, 0) is 31.1 Å². The van der Waals surface area contributed by atoms with Crippen LogP contribution in [0.3, 0.4) is 0 Å². The van der Waals surface area contributed by atoms with Crippen molar-refractivity contribution in [1.82, 2.24) is 0 Å². The van der Waals surface area contributed by atoms with E-state index in [0.717, 1.165) is 0 Å². The summed E-state index contributed by atoms with van der Waals surface area (Å²) in [6.45, 7) is 4.05. The van der Waals surface area contributed by atoms with Gasteiger partial charge in [-0.2, -0.15) is 0 Å². The Morgan fingerprint density at radius 2 is 1.24 bits per heavy atom. The standard InChI is InChI=1S/C17H22O4/c1-8-12-10-5-6-11(7-10)13(12)9(2)15(17(19)21-4)14(8)16(18)20-3/h8-11H,5-7H2,1-4H3/t8-,9-,10+,11+/m0/s1. The fourth-order valence-corrected chi connectivity index (χ4v) is 4.80. The van der Waals surface area contributed by atoms with Crippen molar-refractivity contribution >= 4 is 11.9 Å². The number of allylic oxidation sites excluding steroid dienone is 2. The molecule has 0 aromatic rings. The highest BCUT2D eigenvalue weighted by Crippen LogP contribution is 2.58. The zero-order valence-electron chi connectivity index (χ0n) is 13.1. The molecule has 3 aliphatic carbocycles. The molecule has 1 saturated carbocycles. The Morgan fingerprint density at radius 1 is 0.857 bits per heavy atom. The molecule has 3 rings (SSSR count). The summed E-state index contributed by atoms with van der Waals surface area (Å²) in [5.74, 6) is 0.303. The Hall–Kier alpha value is -1.58. The zero-order chi connectivity index (χ0) is 15.3. The summed E-state index contributed by atoms with van der Waals surface area (Å²) in [4.78, 5) is 24.5.